The van der Waals surface area contributed by atoms with Crippen LogP contribution in [0.15, 0.2) is 28.6 Å². The number of rotatable bonds is 7. The number of ether oxygens (including phenoxy) is 1. The van der Waals surface area contributed by atoms with Gasteiger partial charge < -0.3 is 20.1 Å². The Morgan fingerprint density at radius 2 is 2.18 bits per heavy atom. The van der Waals surface area contributed by atoms with E-state index in [9.17, 15) is 14.7 Å². The summed E-state index contributed by atoms with van der Waals surface area (Å²) >= 11 is 1.36. The number of aromatic nitrogens is 3. The zero-order chi connectivity index (χ0) is 22.9. The van der Waals surface area contributed by atoms with E-state index in [0.29, 0.717) is 33.8 Å². The highest BCUT2D eigenvalue weighted by Gasteiger charge is 2.29. The number of nitrogens with zero attached hydrogens (tertiary/aromatic N) is 4. The predicted octanol–water partition coefficient (Wildman–Crippen LogP) is 2.44. The van der Waals surface area contributed by atoms with Gasteiger partial charge in [-0.05, 0) is 37.8 Å². The lowest BCUT2D eigenvalue weighted by Crippen LogP contribution is -2.52. The van der Waals surface area contributed by atoms with E-state index >= 15 is 0 Å². The lowest BCUT2D eigenvalue weighted by molar-refractivity contribution is 0.0163. The molecule has 0 spiro atoms. The topological polar surface area (TPSA) is 110 Å². The zero-order valence-electron chi connectivity index (χ0n) is 18.5. The number of fused-ring (bicyclic) bond motifs is 1. The lowest BCUT2D eigenvalue weighted by atomic mass is 9.99. The molecule has 3 aromatic rings. The summed E-state index contributed by atoms with van der Waals surface area (Å²) in [7, 11) is 0. The van der Waals surface area contributed by atoms with Gasteiger partial charge in [0.25, 0.3) is 0 Å². The fourth-order valence-electron chi connectivity index (χ4n) is 4.58. The van der Waals surface area contributed by atoms with Crippen molar-refractivity contribution >= 4 is 34.2 Å². The predicted molar refractivity (Wildman–Crippen MR) is 127 cm³/mol. The van der Waals surface area contributed by atoms with Crippen LogP contribution in [-0.2, 0) is 4.74 Å². The van der Waals surface area contributed by atoms with Gasteiger partial charge in [-0.1, -0.05) is 0 Å². The molecule has 2 aliphatic heterocycles. The van der Waals surface area contributed by atoms with Crippen molar-refractivity contribution in [3.63, 3.8) is 0 Å². The quantitative estimate of drug-likeness (QED) is 0.543. The summed E-state index contributed by atoms with van der Waals surface area (Å²) in [5, 5.41) is 15.8. The Bertz CT molecular complexity index is 1210. The molecule has 3 aromatic heterocycles. The second-order valence-corrected chi connectivity index (χ2v) is 9.65. The highest BCUT2D eigenvalue weighted by molar-refractivity contribution is 7.12. The smallest absolute Gasteiger partial charge is 0.341 e. The second kappa shape index (κ2) is 9.20. The standard InChI is InChI=1S/C23H27N5O4S/c1-14-8-18(27-11-15(12-27)9-24-10-16-4-2-3-6-32-16)26-21-19(14)20(29)17(22(30)31)13-28(21)23-25-5-7-33-23/h5,7-8,13,15-16,24H,2-4,6,9-12H2,1H3,(H,30,31). The summed E-state index contributed by atoms with van der Waals surface area (Å²) in [6.45, 7) is 6.30. The number of nitrogens with one attached hydrogen (secondary N) is 1. The third-order valence-electron chi connectivity index (χ3n) is 6.36. The summed E-state index contributed by atoms with van der Waals surface area (Å²) in [6, 6.07) is 1.88. The molecule has 0 amide bonds. The average Bonchev–Trinajstić information content (AvgIpc) is 3.30. The van der Waals surface area contributed by atoms with Gasteiger partial charge in [-0.15, -0.1) is 11.3 Å². The molecule has 9 nitrogen and oxygen atoms in total. The van der Waals surface area contributed by atoms with Gasteiger partial charge in [-0.3, -0.25) is 9.36 Å². The van der Waals surface area contributed by atoms with Crippen LogP contribution in [0.4, 0.5) is 5.82 Å². The largest absolute Gasteiger partial charge is 0.477 e. The lowest BCUT2D eigenvalue weighted by Gasteiger charge is -2.40. The summed E-state index contributed by atoms with van der Waals surface area (Å²) in [5.41, 5.74) is 0.347. The van der Waals surface area contributed by atoms with E-state index in [0.717, 1.165) is 45.0 Å². The van der Waals surface area contributed by atoms with Gasteiger partial charge in [-0.2, -0.15) is 0 Å². The van der Waals surface area contributed by atoms with Crippen molar-refractivity contribution in [2.24, 2.45) is 5.92 Å². The highest BCUT2D eigenvalue weighted by atomic mass is 32.1. The molecule has 1 atom stereocenters. The number of hydrogen-bond donors (Lipinski definition) is 2. The Morgan fingerprint density at radius 3 is 2.88 bits per heavy atom. The van der Waals surface area contributed by atoms with Crippen LogP contribution in [0, 0.1) is 12.8 Å². The van der Waals surface area contributed by atoms with Crippen LogP contribution < -0.4 is 15.6 Å². The number of thiazole rings is 1. The number of pyridine rings is 2. The number of carboxylic acid groups (broad SMARTS) is 1. The first-order valence-electron chi connectivity index (χ1n) is 11.3. The minimum absolute atomic E-state index is 0.285. The fourth-order valence-corrected chi connectivity index (χ4v) is 5.19. The fraction of sp³-hybridized carbons (Fsp3) is 0.478. The first-order valence-corrected chi connectivity index (χ1v) is 12.2. The molecule has 33 heavy (non-hydrogen) atoms. The van der Waals surface area contributed by atoms with E-state index in [4.69, 9.17) is 9.72 Å². The average molecular weight is 470 g/mol. The summed E-state index contributed by atoms with van der Waals surface area (Å²) < 4.78 is 7.39. The molecule has 2 N–H and O–H groups in total. The minimum atomic E-state index is -1.26. The van der Waals surface area contributed by atoms with Crippen LogP contribution in [-0.4, -0.2) is 64.5 Å². The highest BCUT2D eigenvalue weighted by Crippen LogP contribution is 2.28. The normalized spacial score (nSPS) is 19.1. The molecule has 2 aliphatic rings. The minimum Gasteiger partial charge on any atom is -0.477 e. The summed E-state index contributed by atoms with van der Waals surface area (Å²) in [5.74, 6) is 0.0639. The van der Waals surface area contributed by atoms with E-state index in [1.807, 2.05) is 18.4 Å². The van der Waals surface area contributed by atoms with Gasteiger partial charge in [0, 0.05) is 56.5 Å². The van der Waals surface area contributed by atoms with E-state index in [-0.39, 0.29) is 5.56 Å². The van der Waals surface area contributed by atoms with Crippen LogP contribution >= 0.6 is 11.3 Å². The molecule has 174 valence electrons. The Kier molecular flexibility index (Phi) is 6.13. The van der Waals surface area contributed by atoms with Crippen molar-refractivity contribution in [3.05, 3.63) is 45.2 Å². The van der Waals surface area contributed by atoms with Gasteiger partial charge >= 0.3 is 5.97 Å². The third kappa shape index (κ3) is 4.38. The van der Waals surface area contributed by atoms with Crippen LogP contribution in [0.2, 0.25) is 0 Å². The van der Waals surface area contributed by atoms with Crippen molar-refractivity contribution in [2.45, 2.75) is 32.3 Å². The first kappa shape index (κ1) is 22.0. The maximum atomic E-state index is 12.9. The molecule has 5 heterocycles. The third-order valence-corrected chi connectivity index (χ3v) is 7.13. The monoisotopic (exact) mass is 469 g/mol. The molecular formula is C23H27N5O4S. The Labute approximate surface area is 195 Å². The molecule has 0 radical (unpaired) electrons. The van der Waals surface area contributed by atoms with Gasteiger partial charge in [0.15, 0.2) is 10.8 Å². The molecule has 5 rings (SSSR count). The van der Waals surface area contributed by atoms with Gasteiger partial charge in [-0.25, -0.2) is 14.8 Å². The second-order valence-electron chi connectivity index (χ2n) is 8.78. The molecule has 1 unspecified atom stereocenters. The Morgan fingerprint density at radius 1 is 1.33 bits per heavy atom. The summed E-state index contributed by atoms with van der Waals surface area (Å²) in [4.78, 5) is 35.9. The van der Waals surface area contributed by atoms with E-state index in [2.05, 4.69) is 15.2 Å². The number of carbonyl (C=O) groups is 1. The Balaban J connectivity index is 1.36. The van der Waals surface area contributed by atoms with Crippen molar-refractivity contribution in [1.29, 1.82) is 0 Å². The first-order chi connectivity index (χ1) is 16.0. The van der Waals surface area contributed by atoms with Crippen molar-refractivity contribution < 1.29 is 14.6 Å². The molecular weight excluding hydrogens is 442 g/mol. The van der Waals surface area contributed by atoms with E-state index < -0.39 is 11.4 Å². The number of anilines is 1. The molecule has 0 bridgehead atoms. The molecule has 10 heteroatoms. The Hall–Kier alpha value is -2.82. The number of aryl methyl sites for hydroxylation is 1. The van der Waals surface area contributed by atoms with Crippen LogP contribution in [0.25, 0.3) is 16.2 Å². The van der Waals surface area contributed by atoms with E-state index in [1.165, 1.54) is 30.4 Å². The van der Waals surface area contributed by atoms with E-state index in [1.54, 1.807) is 10.8 Å². The molecule has 0 aromatic carbocycles. The van der Waals surface area contributed by atoms with Crippen molar-refractivity contribution in [1.82, 2.24) is 19.9 Å². The molecule has 0 saturated carbocycles. The summed E-state index contributed by atoms with van der Waals surface area (Å²) in [6.07, 6.45) is 6.86. The number of carboxylic acids is 1. The number of aromatic carboxylic acids is 1. The molecule has 2 fully saturated rings. The van der Waals surface area contributed by atoms with Crippen LogP contribution in [0.3, 0.4) is 0 Å². The van der Waals surface area contributed by atoms with Gasteiger partial charge in [0.1, 0.15) is 11.4 Å². The maximum Gasteiger partial charge on any atom is 0.341 e. The van der Waals surface area contributed by atoms with Gasteiger partial charge in [0.05, 0.1) is 11.5 Å². The number of hydrogen-bond acceptors (Lipinski definition) is 8. The molecule has 2 saturated heterocycles. The molecule has 0 aliphatic carbocycles. The zero-order valence-corrected chi connectivity index (χ0v) is 19.3. The maximum absolute atomic E-state index is 12.9. The van der Waals surface area contributed by atoms with Crippen LogP contribution in [0.1, 0.15) is 35.2 Å². The van der Waals surface area contributed by atoms with Crippen LogP contribution in [0.5, 0.6) is 0 Å². The van der Waals surface area contributed by atoms with Crippen molar-refractivity contribution in [3.8, 4) is 5.13 Å². The van der Waals surface area contributed by atoms with Crippen molar-refractivity contribution in [2.75, 3.05) is 37.7 Å². The SMILES string of the molecule is Cc1cc(N2CC(CNCC3CCCCO3)C2)nc2c1c(=O)c(C(=O)O)cn2-c1nccs1. The van der Waals surface area contributed by atoms with Gasteiger partial charge in [0.2, 0.25) is 5.43 Å².